The zero-order chi connectivity index (χ0) is 19.4. The van der Waals surface area contributed by atoms with Crippen molar-refractivity contribution in [2.45, 2.75) is 0 Å². The van der Waals surface area contributed by atoms with E-state index in [2.05, 4.69) is 4.90 Å². The highest BCUT2D eigenvalue weighted by Gasteiger charge is 2.20. The number of carbonyl (C=O) groups excluding carboxylic acids is 1. The quantitative estimate of drug-likeness (QED) is 0.676. The first-order valence-electron chi connectivity index (χ1n) is 8.78. The molecule has 0 atom stereocenters. The van der Waals surface area contributed by atoms with Crippen LogP contribution in [0.15, 0.2) is 18.2 Å². The Hall–Kier alpha value is -1.77. The van der Waals surface area contributed by atoms with Gasteiger partial charge in [0.25, 0.3) is 0 Å². The fraction of sp³-hybridized carbons (Fsp3) is 0.500. The minimum absolute atomic E-state index is 0.0798. The Kier molecular flexibility index (Phi) is 6.29. The van der Waals surface area contributed by atoms with E-state index in [1.807, 2.05) is 0 Å². The number of hydrogen-bond acceptors (Lipinski definition) is 6. The summed E-state index contributed by atoms with van der Waals surface area (Å²) in [6.07, 6.45) is 4.47. The van der Waals surface area contributed by atoms with Crippen LogP contribution in [-0.4, -0.2) is 82.1 Å². The molecule has 2 aliphatic heterocycles. The molecule has 27 heavy (non-hydrogen) atoms. The smallest absolute Gasteiger partial charge is 0.246 e. The maximum atomic E-state index is 12.4. The van der Waals surface area contributed by atoms with Crippen molar-refractivity contribution in [2.24, 2.45) is 0 Å². The van der Waals surface area contributed by atoms with Crippen LogP contribution in [0.25, 0.3) is 6.08 Å². The maximum absolute atomic E-state index is 12.4. The lowest BCUT2D eigenvalue weighted by Crippen LogP contribution is -2.49. The zero-order valence-corrected chi connectivity index (χ0v) is 16.8. The van der Waals surface area contributed by atoms with Crippen LogP contribution in [-0.2, 0) is 14.6 Å². The topological polar surface area (TPSA) is 76.2 Å². The van der Waals surface area contributed by atoms with Crippen molar-refractivity contribution in [3.8, 4) is 11.5 Å². The number of sulfone groups is 1. The molecule has 1 aromatic carbocycles. The highest BCUT2D eigenvalue weighted by molar-refractivity contribution is 7.90. The molecule has 3 rings (SSSR count). The summed E-state index contributed by atoms with van der Waals surface area (Å²) in [5.41, 5.74) is 0.768. The number of carbonyl (C=O) groups is 1. The molecule has 0 bridgehead atoms. The first-order valence-corrected chi connectivity index (χ1v) is 11.2. The first-order chi connectivity index (χ1) is 12.8. The summed E-state index contributed by atoms with van der Waals surface area (Å²) in [5.74, 6) is 1.19. The van der Waals surface area contributed by atoms with Gasteiger partial charge >= 0.3 is 0 Å². The van der Waals surface area contributed by atoms with Gasteiger partial charge in [0.15, 0.2) is 11.5 Å². The van der Waals surface area contributed by atoms with Gasteiger partial charge in [0.1, 0.15) is 23.1 Å². The summed E-state index contributed by atoms with van der Waals surface area (Å²) in [6, 6.07) is 3.54. The largest absolute Gasteiger partial charge is 0.486 e. The first kappa shape index (κ1) is 20.0. The summed E-state index contributed by atoms with van der Waals surface area (Å²) < 4.78 is 33.5. The van der Waals surface area contributed by atoms with Crippen LogP contribution < -0.4 is 9.47 Å². The second kappa shape index (κ2) is 8.50. The van der Waals surface area contributed by atoms with Crippen LogP contribution in [0.4, 0.5) is 0 Å². The van der Waals surface area contributed by atoms with Gasteiger partial charge in [-0.1, -0.05) is 11.6 Å². The number of fused-ring (bicyclic) bond motifs is 1. The average Bonchev–Trinajstić information content (AvgIpc) is 2.64. The zero-order valence-electron chi connectivity index (χ0n) is 15.2. The Balaban J connectivity index is 1.54. The molecule has 2 aliphatic rings. The predicted molar refractivity (Wildman–Crippen MR) is 104 cm³/mol. The van der Waals surface area contributed by atoms with Crippen molar-refractivity contribution in [1.29, 1.82) is 0 Å². The lowest BCUT2D eigenvalue weighted by Gasteiger charge is -2.34. The fourth-order valence-electron chi connectivity index (χ4n) is 2.99. The predicted octanol–water partition coefficient (Wildman–Crippen LogP) is 1.31. The van der Waals surface area contributed by atoms with Gasteiger partial charge in [-0.15, -0.1) is 0 Å². The van der Waals surface area contributed by atoms with Crippen LogP contribution in [0.5, 0.6) is 11.5 Å². The molecule has 1 amide bonds. The highest BCUT2D eigenvalue weighted by atomic mass is 35.5. The van der Waals surface area contributed by atoms with Gasteiger partial charge in [-0.3, -0.25) is 9.69 Å². The summed E-state index contributed by atoms with van der Waals surface area (Å²) in [4.78, 5) is 16.2. The molecule has 0 aliphatic carbocycles. The Morgan fingerprint density at radius 3 is 2.59 bits per heavy atom. The van der Waals surface area contributed by atoms with Gasteiger partial charge in [-0.2, -0.15) is 0 Å². The summed E-state index contributed by atoms with van der Waals surface area (Å²) in [5, 5.41) is 0.457. The van der Waals surface area contributed by atoms with E-state index in [1.165, 1.54) is 12.3 Å². The van der Waals surface area contributed by atoms with Crippen LogP contribution in [0, 0.1) is 0 Å². The number of rotatable bonds is 5. The molecule has 7 nitrogen and oxygen atoms in total. The van der Waals surface area contributed by atoms with Crippen molar-refractivity contribution in [3.63, 3.8) is 0 Å². The summed E-state index contributed by atoms with van der Waals surface area (Å²) in [6.45, 7) is 3.95. The lowest BCUT2D eigenvalue weighted by atomic mass is 10.1. The Morgan fingerprint density at radius 2 is 1.89 bits per heavy atom. The van der Waals surface area contributed by atoms with Gasteiger partial charge in [0, 0.05) is 45.1 Å². The Labute approximate surface area is 164 Å². The van der Waals surface area contributed by atoms with Gasteiger partial charge in [0.05, 0.1) is 10.8 Å². The molecule has 1 fully saturated rings. The van der Waals surface area contributed by atoms with E-state index in [-0.39, 0.29) is 11.7 Å². The van der Waals surface area contributed by atoms with Crippen molar-refractivity contribution >= 4 is 33.4 Å². The molecule has 1 aromatic rings. The third-order valence-electron chi connectivity index (χ3n) is 4.50. The van der Waals surface area contributed by atoms with Crippen LogP contribution in [0.3, 0.4) is 0 Å². The van der Waals surface area contributed by atoms with Gasteiger partial charge < -0.3 is 14.4 Å². The van der Waals surface area contributed by atoms with E-state index in [1.54, 1.807) is 23.1 Å². The van der Waals surface area contributed by atoms with Crippen molar-refractivity contribution < 1.29 is 22.7 Å². The van der Waals surface area contributed by atoms with Gasteiger partial charge in [0.2, 0.25) is 5.91 Å². The third-order valence-corrected chi connectivity index (χ3v) is 5.70. The number of piperazine rings is 1. The highest BCUT2D eigenvalue weighted by Crippen LogP contribution is 2.38. The molecular formula is C18H23ClN2O5S. The van der Waals surface area contributed by atoms with E-state index < -0.39 is 9.84 Å². The molecule has 9 heteroatoms. The van der Waals surface area contributed by atoms with E-state index >= 15 is 0 Å². The summed E-state index contributed by atoms with van der Waals surface area (Å²) in [7, 11) is -2.97. The molecule has 0 radical (unpaired) electrons. The minimum Gasteiger partial charge on any atom is -0.486 e. The van der Waals surface area contributed by atoms with E-state index in [9.17, 15) is 13.2 Å². The van der Waals surface area contributed by atoms with Crippen molar-refractivity contribution in [2.75, 3.05) is 57.9 Å². The number of amides is 1. The van der Waals surface area contributed by atoms with E-state index in [4.69, 9.17) is 21.1 Å². The molecule has 0 saturated carbocycles. The standard InChI is InChI=1S/C18H23ClN2O5S/c1-27(23,24)11-8-20-4-6-21(7-5-20)17(22)3-2-14-12-15(19)18-16(13-14)25-9-10-26-18/h2-3,12-13H,4-11H2,1H3/b3-2+. The number of halogens is 1. The van der Waals surface area contributed by atoms with Crippen molar-refractivity contribution in [3.05, 3.63) is 28.8 Å². The fourth-order valence-corrected chi connectivity index (χ4v) is 3.85. The van der Waals surface area contributed by atoms with Crippen LogP contribution in [0.2, 0.25) is 5.02 Å². The maximum Gasteiger partial charge on any atom is 0.246 e. The molecule has 1 saturated heterocycles. The monoisotopic (exact) mass is 414 g/mol. The normalized spacial score (nSPS) is 18.1. The molecule has 2 heterocycles. The number of benzene rings is 1. The van der Waals surface area contributed by atoms with Crippen molar-refractivity contribution in [1.82, 2.24) is 9.80 Å². The Bertz CT molecular complexity index is 832. The van der Waals surface area contributed by atoms with E-state index in [0.29, 0.717) is 62.5 Å². The average molecular weight is 415 g/mol. The molecule has 0 spiro atoms. The molecule has 0 unspecified atom stereocenters. The second-order valence-electron chi connectivity index (χ2n) is 6.66. The molecular weight excluding hydrogens is 392 g/mol. The van der Waals surface area contributed by atoms with Gasteiger partial charge in [-0.05, 0) is 23.8 Å². The van der Waals surface area contributed by atoms with E-state index in [0.717, 1.165) is 5.56 Å². The SMILES string of the molecule is CS(=O)(=O)CCN1CCN(C(=O)/C=C/c2cc(Cl)c3c(c2)OCCO3)CC1. The number of nitrogens with zero attached hydrogens (tertiary/aromatic N) is 2. The number of ether oxygens (including phenoxy) is 2. The molecule has 148 valence electrons. The third kappa shape index (κ3) is 5.60. The summed E-state index contributed by atoms with van der Waals surface area (Å²) >= 11 is 6.21. The van der Waals surface area contributed by atoms with Crippen LogP contribution in [0.1, 0.15) is 5.56 Å². The van der Waals surface area contributed by atoms with Crippen LogP contribution >= 0.6 is 11.6 Å². The molecule has 0 aromatic heterocycles. The lowest BCUT2D eigenvalue weighted by molar-refractivity contribution is -0.127. The second-order valence-corrected chi connectivity index (χ2v) is 9.32. The minimum atomic E-state index is -2.97. The number of hydrogen-bond donors (Lipinski definition) is 0. The molecule has 0 N–H and O–H groups in total. The van der Waals surface area contributed by atoms with Gasteiger partial charge in [-0.25, -0.2) is 8.42 Å². The Morgan fingerprint density at radius 1 is 1.19 bits per heavy atom.